The van der Waals surface area contributed by atoms with Gasteiger partial charge in [0.15, 0.2) is 0 Å². The fourth-order valence-corrected chi connectivity index (χ4v) is 2.06. The molecule has 0 spiro atoms. The molecule has 0 fully saturated rings. The van der Waals surface area contributed by atoms with Gasteiger partial charge >= 0.3 is 5.97 Å². The number of nitrogens with two attached hydrogens (primary N) is 1. The van der Waals surface area contributed by atoms with Gasteiger partial charge in [0.05, 0.1) is 13.7 Å². The maximum Gasteiger partial charge on any atom is 0.322 e. The molecule has 0 rings (SSSR count). The predicted molar refractivity (Wildman–Crippen MR) is 72.4 cm³/mol. The number of carbonyl (C=O) groups excluding carboxylic acids is 1. The van der Waals surface area contributed by atoms with E-state index in [1.165, 1.54) is 7.11 Å². The van der Waals surface area contributed by atoms with Crippen LogP contribution in [0.5, 0.6) is 0 Å². The molecule has 0 saturated heterocycles. The summed E-state index contributed by atoms with van der Waals surface area (Å²) in [4.78, 5) is 13.6. The van der Waals surface area contributed by atoms with Crippen molar-refractivity contribution in [2.75, 3.05) is 33.9 Å². The number of hydrogen-bond donors (Lipinski definition) is 1. The third-order valence-corrected chi connectivity index (χ3v) is 3.27. The van der Waals surface area contributed by atoms with E-state index in [4.69, 9.17) is 10.5 Å². The van der Waals surface area contributed by atoms with Crippen molar-refractivity contribution in [3.8, 4) is 0 Å². The van der Waals surface area contributed by atoms with Gasteiger partial charge in [0.1, 0.15) is 6.04 Å². The minimum absolute atomic E-state index is 0.341. The molecule has 0 aliphatic rings. The van der Waals surface area contributed by atoms with Crippen LogP contribution in [0, 0.1) is 0 Å². The topological polar surface area (TPSA) is 64.8 Å². The predicted octanol–water partition coefficient (Wildman–Crippen LogP) is 1.01. The molecule has 0 aliphatic carbocycles. The van der Waals surface area contributed by atoms with Gasteiger partial charge in [-0.3, -0.25) is 9.69 Å². The van der Waals surface area contributed by atoms with Gasteiger partial charge in [-0.15, -0.1) is 0 Å². The summed E-state index contributed by atoms with van der Waals surface area (Å²) in [5.41, 5.74) is 5.76. The van der Waals surface area contributed by atoms with Crippen molar-refractivity contribution < 1.29 is 14.3 Å². The number of carbonyl (C=O) groups is 1. The first-order valence-corrected chi connectivity index (χ1v) is 6.67. The summed E-state index contributed by atoms with van der Waals surface area (Å²) in [6, 6.07) is -0.0144. The average Bonchev–Trinajstić information content (AvgIpc) is 2.40. The van der Waals surface area contributed by atoms with Gasteiger partial charge in [0.2, 0.25) is 0 Å². The SMILES string of the molecule is CCC(CC)N(CCOC)CCC(N)C(=O)OC. The van der Waals surface area contributed by atoms with E-state index < -0.39 is 6.04 Å². The van der Waals surface area contributed by atoms with Gasteiger partial charge in [0, 0.05) is 26.2 Å². The highest BCUT2D eigenvalue weighted by atomic mass is 16.5. The Morgan fingerprint density at radius 2 is 1.83 bits per heavy atom. The molecule has 0 saturated carbocycles. The van der Waals surface area contributed by atoms with E-state index >= 15 is 0 Å². The van der Waals surface area contributed by atoms with Crippen molar-refractivity contribution >= 4 is 5.97 Å². The summed E-state index contributed by atoms with van der Waals surface area (Å²) in [6.07, 6.45) is 2.80. The highest BCUT2D eigenvalue weighted by Crippen LogP contribution is 2.09. The monoisotopic (exact) mass is 260 g/mol. The largest absolute Gasteiger partial charge is 0.468 e. The van der Waals surface area contributed by atoms with Crippen LogP contribution in [0.3, 0.4) is 0 Å². The van der Waals surface area contributed by atoms with E-state index in [2.05, 4.69) is 23.5 Å². The lowest BCUT2D eigenvalue weighted by molar-refractivity contribution is -0.142. The van der Waals surface area contributed by atoms with Crippen molar-refractivity contribution in [3.63, 3.8) is 0 Å². The van der Waals surface area contributed by atoms with Crippen molar-refractivity contribution in [2.45, 2.75) is 45.2 Å². The number of esters is 1. The molecule has 1 atom stereocenters. The van der Waals surface area contributed by atoms with Gasteiger partial charge < -0.3 is 15.2 Å². The van der Waals surface area contributed by atoms with Crippen LogP contribution in [0.4, 0.5) is 0 Å². The second kappa shape index (κ2) is 10.3. The zero-order valence-corrected chi connectivity index (χ0v) is 12.1. The lowest BCUT2D eigenvalue weighted by atomic mass is 10.1. The van der Waals surface area contributed by atoms with Crippen LogP contribution in [0.2, 0.25) is 0 Å². The maximum atomic E-state index is 11.3. The fourth-order valence-electron chi connectivity index (χ4n) is 2.06. The normalized spacial score (nSPS) is 13.1. The van der Waals surface area contributed by atoms with Crippen LogP contribution < -0.4 is 5.73 Å². The van der Waals surface area contributed by atoms with Gasteiger partial charge in [0.25, 0.3) is 0 Å². The van der Waals surface area contributed by atoms with Crippen LogP contribution in [0.25, 0.3) is 0 Å². The smallest absolute Gasteiger partial charge is 0.322 e. The van der Waals surface area contributed by atoms with Crippen LogP contribution in [0.1, 0.15) is 33.1 Å². The molecule has 18 heavy (non-hydrogen) atoms. The number of hydrogen-bond acceptors (Lipinski definition) is 5. The molecule has 0 radical (unpaired) electrons. The zero-order chi connectivity index (χ0) is 14.0. The Morgan fingerprint density at radius 1 is 1.22 bits per heavy atom. The standard InChI is InChI=1S/C13H28N2O3/c1-5-11(6-2)15(9-10-17-3)8-7-12(14)13(16)18-4/h11-12H,5-10,14H2,1-4H3. The molecule has 5 heteroatoms. The van der Waals surface area contributed by atoms with Crippen molar-refractivity contribution in [1.82, 2.24) is 4.90 Å². The third kappa shape index (κ3) is 6.33. The molecule has 0 amide bonds. The Balaban J connectivity index is 4.26. The highest BCUT2D eigenvalue weighted by molar-refractivity contribution is 5.75. The summed E-state index contributed by atoms with van der Waals surface area (Å²) < 4.78 is 9.75. The Morgan fingerprint density at radius 3 is 2.28 bits per heavy atom. The number of ether oxygens (including phenoxy) is 2. The van der Waals surface area contributed by atoms with E-state index in [1.54, 1.807) is 7.11 Å². The summed E-state index contributed by atoms with van der Waals surface area (Å²) in [5.74, 6) is -0.341. The molecule has 0 heterocycles. The number of nitrogens with zero attached hydrogens (tertiary/aromatic N) is 1. The quantitative estimate of drug-likeness (QED) is 0.594. The summed E-state index contributed by atoms with van der Waals surface area (Å²) in [5, 5.41) is 0. The molecule has 108 valence electrons. The lowest BCUT2D eigenvalue weighted by Gasteiger charge is -2.30. The molecule has 0 bridgehead atoms. The second-order valence-electron chi connectivity index (χ2n) is 4.42. The Kier molecular flexibility index (Phi) is 9.92. The molecule has 0 aromatic heterocycles. The number of rotatable bonds is 10. The van der Waals surface area contributed by atoms with Crippen LogP contribution >= 0.6 is 0 Å². The Labute approximate surface area is 111 Å². The molecule has 0 aromatic rings. The molecular weight excluding hydrogens is 232 g/mol. The summed E-state index contributed by atoms with van der Waals surface area (Å²) in [7, 11) is 3.07. The average molecular weight is 260 g/mol. The van der Waals surface area contributed by atoms with E-state index in [0.717, 1.165) is 25.9 Å². The Bertz CT molecular complexity index is 220. The van der Waals surface area contributed by atoms with Gasteiger partial charge in [-0.25, -0.2) is 0 Å². The Hall–Kier alpha value is -0.650. The van der Waals surface area contributed by atoms with Gasteiger partial charge in [-0.05, 0) is 19.3 Å². The van der Waals surface area contributed by atoms with Crippen molar-refractivity contribution in [3.05, 3.63) is 0 Å². The lowest BCUT2D eigenvalue weighted by Crippen LogP contribution is -2.41. The first-order chi connectivity index (χ1) is 8.60. The van der Waals surface area contributed by atoms with Gasteiger partial charge in [-0.2, -0.15) is 0 Å². The molecule has 1 unspecified atom stereocenters. The highest BCUT2D eigenvalue weighted by Gasteiger charge is 2.19. The minimum atomic E-state index is -0.533. The third-order valence-electron chi connectivity index (χ3n) is 3.27. The fraction of sp³-hybridized carbons (Fsp3) is 0.923. The van der Waals surface area contributed by atoms with E-state index in [-0.39, 0.29) is 5.97 Å². The molecule has 0 aromatic carbocycles. The first kappa shape index (κ1) is 17.4. The molecule has 2 N–H and O–H groups in total. The molecular formula is C13H28N2O3. The van der Waals surface area contributed by atoms with Crippen molar-refractivity contribution in [1.29, 1.82) is 0 Å². The van der Waals surface area contributed by atoms with Crippen LogP contribution in [-0.4, -0.2) is 56.9 Å². The maximum absolute atomic E-state index is 11.3. The second-order valence-corrected chi connectivity index (χ2v) is 4.42. The van der Waals surface area contributed by atoms with Crippen molar-refractivity contribution in [2.24, 2.45) is 5.73 Å². The van der Waals surface area contributed by atoms with E-state index in [1.807, 2.05) is 0 Å². The van der Waals surface area contributed by atoms with E-state index in [0.29, 0.717) is 19.1 Å². The molecule has 5 nitrogen and oxygen atoms in total. The number of methoxy groups -OCH3 is 2. The van der Waals surface area contributed by atoms with E-state index in [9.17, 15) is 4.79 Å². The zero-order valence-electron chi connectivity index (χ0n) is 12.1. The summed E-state index contributed by atoms with van der Waals surface area (Å²) in [6.45, 7) is 6.72. The first-order valence-electron chi connectivity index (χ1n) is 6.67. The minimum Gasteiger partial charge on any atom is -0.468 e. The summed E-state index contributed by atoms with van der Waals surface area (Å²) >= 11 is 0. The van der Waals surface area contributed by atoms with Crippen LogP contribution in [-0.2, 0) is 14.3 Å². The van der Waals surface area contributed by atoms with Crippen LogP contribution in [0.15, 0.2) is 0 Å². The molecule has 0 aliphatic heterocycles. The van der Waals surface area contributed by atoms with Gasteiger partial charge in [-0.1, -0.05) is 13.8 Å².